The monoisotopic (exact) mass is 487 g/mol. The number of hydrogen-bond donors (Lipinski definition) is 0. The highest BCUT2D eigenvalue weighted by Gasteiger charge is 2.27. The largest absolute Gasteiger partial charge is 0.335 e. The molecule has 0 amide bonds. The van der Waals surface area contributed by atoms with E-state index in [1.54, 1.807) is 12.4 Å². The molecule has 1 aliphatic rings. The van der Waals surface area contributed by atoms with Crippen LogP contribution in [0.1, 0.15) is 34.3 Å². The average Bonchev–Trinajstić information content (AvgIpc) is 2.83. The fourth-order valence-electron chi connectivity index (χ4n) is 4.33. The minimum Gasteiger partial charge on any atom is -0.335 e. The maximum atomic E-state index is 13.8. The van der Waals surface area contributed by atoms with Gasteiger partial charge in [0.15, 0.2) is 0 Å². The molecule has 0 unspecified atom stereocenters. The second-order valence-electron chi connectivity index (χ2n) is 7.86. The lowest BCUT2D eigenvalue weighted by Crippen LogP contribution is -2.40. The van der Waals surface area contributed by atoms with E-state index in [2.05, 4.69) is 55.1 Å². The minimum absolute atomic E-state index is 0.0292. The van der Waals surface area contributed by atoms with Crippen LogP contribution in [0.4, 0.5) is 5.95 Å². The number of fused-ring (bicyclic) bond motifs is 1. The van der Waals surface area contributed by atoms with Gasteiger partial charge >= 0.3 is 0 Å². The van der Waals surface area contributed by atoms with Crippen LogP contribution in [0, 0.1) is 6.92 Å². The number of halogens is 1. The van der Waals surface area contributed by atoms with Gasteiger partial charge < -0.3 is 4.90 Å². The molecule has 160 valence electrons. The SMILES string of the molecule is Cc1nc2c(c(=O)n1C(c1ccccc1)c1ccccc1)CCN(c1ncc(Br)cn1)C2. The van der Waals surface area contributed by atoms with E-state index in [-0.39, 0.29) is 11.6 Å². The third-order valence-electron chi connectivity index (χ3n) is 5.82. The van der Waals surface area contributed by atoms with Crippen LogP contribution in [-0.2, 0) is 13.0 Å². The summed E-state index contributed by atoms with van der Waals surface area (Å²) in [6.07, 6.45) is 4.08. The second-order valence-corrected chi connectivity index (χ2v) is 8.77. The van der Waals surface area contributed by atoms with Crippen LogP contribution in [-0.4, -0.2) is 26.1 Å². The van der Waals surface area contributed by atoms with Crippen molar-refractivity contribution in [2.75, 3.05) is 11.4 Å². The molecule has 7 heteroatoms. The van der Waals surface area contributed by atoms with Crippen molar-refractivity contribution in [1.29, 1.82) is 0 Å². The Morgan fingerprint density at radius 2 is 1.53 bits per heavy atom. The highest BCUT2D eigenvalue weighted by molar-refractivity contribution is 9.10. The Morgan fingerprint density at radius 3 is 2.12 bits per heavy atom. The average molecular weight is 488 g/mol. The Morgan fingerprint density at radius 1 is 0.938 bits per heavy atom. The third-order valence-corrected chi connectivity index (χ3v) is 6.23. The predicted molar refractivity (Wildman–Crippen MR) is 128 cm³/mol. The summed E-state index contributed by atoms with van der Waals surface area (Å²) < 4.78 is 2.68. The smallest absolute Gasteiger partial charge is 0.257 e. The summed E-state index contributed by atoms with van der Waals surface area (Å²) >= 11 is 3.37. The van der Waals surface area contributed by atoms with Crippen molar-refractivity contribution in [3.63, 3.8) is 0 Å². The topological polar surface area (TPSA) is 63.9 Å². The van der Waals surface area contributed by atoms with E-state index in [1.807, 2.05) is 47.9 Å². The highest BCUT2D eigenvalue weighted by atomic mass is 79.9. The number of rotatable bonds is 4. The quantitative estimate of drug-likeness (QED) is 0.429. The van der Waals surface area contributed by atoms with Crippen LogP contribution < -0.4 is 10.5 Å². The number of aryl methyl sites for hydroxylation is 1. The zero-order valence-electron chi connectivity index (χ0n) is 17.6. The molecule has 0 N–H and O–H groups in total. The molecule has 0 radical (unpaired) electrons. The van der Waals surface area contributed by atoms with Crippen LogP contribution in [0.5, 0.6) is 0 Å². The minimum atomic E-state index is -0.226. The number of aromatic nitrogens is 4. The summed E-state index contributed by atoms with van der Waals surface area (Å²) in [5.74, 6) is 1.35. The van der Waals surface area contributed by atoms with Crippen molar-refractivity contribution in [2.24, 2.45) is 0 Å². The molecule has 0 saturated carbocycles. The van der Waals surface area contributed by atoms with Gasteiger partial charge in [-0.25, -0.2) is 15.0 Å². The van der Waals surface area contributed by atoms with Gasteiger partial charge in [-0.05, 0) is 40.4 Å². The molecule has 3 heterocycles. The molecule has 0 fully saturated rings. The van der Waals surface area contributed by atoms with Gasteiger partial charge in [0.1, 0.15) is 5.82 Å². The summed E-state index contributed by atoms with van der Waals surface area (Å²) in [4.78, 5) is 29.5. The van der Waals surface area contributed by atoms with Gasteiger partial charge in [-0.2, -0.15) is 0 Å². The summed E-state index contributed by atoms with van der Waals surface area (Å²) in [7, 11) is 0. The van der Waals surface area contributed by atoms with Crippen molar-refractivity contribution in [2.45, 2.75) is 25.9 Å². The van der Waals surface area contributed by atoms with Crippen LogP contribution in [0.2, 0.25) is 0 Å². The lowest BCUT2D eigenvalue weighted by Gasteiger charge is -2.30. The number of anilines is 1. The maximum absolute atomic E-state index is 13.8. The maximum Gasteiger partial charge on any atom is 0.257 e. The van der Waals surface area contributed by atoms with E-state index in [0.29, 0.717) is 31.3 Å². The predicted octanol–water partition coefficient (Wildman–Crippen LogP) is 4.30. The molecule has 1 aliphatic heterocycles. The van der Waals surface area contributed by atoms with Crippen molar-refractivity contribution in [3.05, 3.63) is 116 Å². The van der Waals surface area contributed by atoms with Crippen molar-refractivity contribution in [3.8, 4) is 0 Å². The Balaban J connectivity index is 1.59. The molecule has 0 bridgehead atoms. The fraction of sp³-hybridized carbons (Fsp3) is 0.200. The molecule has 32 heavy (non-hydrogen) atoms. The van der Waals surface area contributed by atoms with E-state index in [0.717, 1.165) is 26.9 Å². The van der Waals surface area contributed by atoms with Crippen LogP contribution in [0.25, 0.3) is 0 Å². The molecule has 0 atom stereocenters. The van der Waals surface area contributed by atoms with Gasteiger partial charge in [0.2, 0.25) is 5.95 Å². The molecular weight excluding hydrogens is 466 g/mol. The Labute approximate surface area is 194 Å². The van der Waals surface area contributed by atoms with E-state index in [9.17, 15) is 4.79 Å². The number of hydrogen-bond acceptors (Lipinski definition) is 5. The molecule has 2 aromatic carbocycles. The first-order valence-corrected chi connectivity index (χ1v) is 11.3. The van der Waals surface area contributed by atoms with Crippen LogP contribution in [0.15, 0.2) is 82.3 Å². The Hall–Kier alpha value is -3.32. The Kier molecular flexibility index (Phi) is 5.57. The van der Waals surface area contributed by atoms with Gasteiger partial charge in [0.05, 0.1) is 22.8 Å². The molecule has 0 spiro atoms. The lowest BCUT2D eigenvalue weighted by molar-refractivity contribution is 0.576. The van der Waals surface area contributed by atoms with Crippen LogP contribution in [0.3, 0.4) is 0 Å². The molecule has 2 aromatic heterocycles. The molecule has 0 aliphatic carbocycles. The number of benzene rings is 2. The first-order valence-electron chi connectivity index (χ1n) is 10.5. The van der Waals surface area contributed by atoms with Gasteiger partial charge in [-0.3, -0.25) is 9.36 Å². The summed E-state index contributed by atoms with van der Waals surface area (Å²) in [6, 6.07) is 20.0. The van der Waals surface area contributed by atoms with E-state index in [1.165, 1.54) is 0 Å². The van der Waals surface area contributed by atoms with E-state index < -0.39 is 0 Å². The van der Waals surface area contributed by atoms with E-state index >= 15 is 0 Å². The highest BCUT2D eigenvalue weighted by Crippen LogP contribution is 2.28. The fourth-order valence-corrected chi connectivity index (χ4v) is 4.53. The van der Waals surface area contributed by atoms with Crippen molar-refractivity contribution >= 4 is 21.9 Å². The molecule has 6 nitrogen and oxygen atoms in total. The van der Waals surface area contributed by atoms with Gasteiger partial charge in [-0.1, -0.05) is 60.7 Å². The zero-order chi connectivity index (χ0) is 22.1. The van der Waals surface area contributed by atoms with Crippen LogP contribution >= 0.6 is 15.9 Å². The van der Waals surface area contributed by atoms with Gasteiger partial charge in [0, 0.05) is 24.5 Å². The summed E-state index contributed by atoms with van der Waals surface area (Å²) in [5.41, 5.74) is 3.74. The second kappa shape index (κ2) is 8.67. The summed E-state index contributed by atoms with van der Waals surface area (Å²) in [5, 5.41) is 0. The first kappa shape index (κ1) is 20.6. The third kappa shape index (κ3) is 3.84. The number of nitrogens with zero attached hydrogens (tertiary/aromatic N) is 5. The van der Waals surface area contributed by atoms with Gasteiger partial charge in [-0.15, -0.1) is 0 Å². The Bertz CT molecular complexity index is 1250. The first-order chi connectivity index (χ1) is 15.6. The van der Waals surface area contributed by atoms with Crippen molar-refractivity contribution < 1.29 is 0 Å². The van der Waals surface area contributed by atoms with Gasteiger partial charge in [0.25, 0.3) is 5.56 Å². The normalized spacial score (nSPS) is 13.3. The standard InChI is InChI=1S/C25H22BrN5O/c1-17-29-22-16-30(25-27-14-20(26)15-28-25)13-12-21(22)24(32)31(17)23(18-8-4-2-5-9-18)19-10-6-3-7-11-19/h2-11,14-15,23H,12-13,16H2,1H3. The lowest BCUT2D eigenvalue weighted by atomic mass is 9.97. The zero-order valence-corrected chi connectivity index (χ0v) is 19.2. The molecular formula is C25H22BrN5O. The van der Waals surface area contributed by atoms with Crippen molar-refractivity contribution in [1.82, 2.24) is 19.5 Å². The summed E-state index contributed by atoms with van der Waals surface area (Å²) in [6.45, 7) is 3.11. The van der Waals surface area contributed by atoms with E-state index in [4.69, 9.17) is 4.98 Å². The molecule has 0 saturated heterocycles. The molecule has 5 rings (SSSR count). The molecule has 4 aromatic rings.